The van der Waals surface area contributed by atoms with Crippen molar-refractivity contribution in [1.82, 2.24) is 0 Å². The average Bonchev–Trinajstić information content (AvgIpc) is 1.99. The van der Waals surface area contributed by atoms with Crippen molar-refractivity contribution in [1.29, 1.82) is 0 Å². The van der Waals surface area contributed by atoms with Crippen molar-refractivity contribution in [3.8, 4) is 5.75 Å². The van der Waals surface area contributed by atoms with Crippen LogP contribution in [0.1, 0.15) is 5.56 Å². The Labute approximate surface area is 75.6 Å². The van der Waals surface area contributed by atoms with Crippen LogP contribution in [0.4, 0.5) is 0 Å². The average molecular weight is 191 g/mol. The molecule has 0 heterocycles. The first-order valence-corrected chi connectivity index (χ1v) is 4.19. The number of hydrogen-bond acceptors (Lipinski definition) is 1. The van der Waals surface area contributed by atoms with E-state index in [1.54, 1.807) is 12.1 Å². The van der Waals surface area contributed by atoms with Crippen LogP contribution in [0.3, 0.4) is 0 Å². The van der Waals surface area contributed by atoms with E-state index in [-0.39, 0.29) is 5.75 Å². The molecule has 1 N–H and O–H groups in total. The molecule has 3 heteroatoms. The van der Waals surface area contributed by atoms with Crippen LogP contribution >= 0.6 is 23.2 Å². The maximum atomic E-state index is 9.34. The summed E-state index contributed by atoms with van der Waals surface area (Å²) in [7, 11) is 0. The molecule has 0 aliphatic rings. The van der Waals surface area contributed by atoms with Gasteiger partial charge in [-0.25, -0.2) is 0 Å². The second kappa shape index (κ2) is 3.84. The van der Waals surface area contributed by atoms with E-state index >= 15 is 0 Å². The highest BCUT2D eigenvalue weighted by Gasteiger charge is 2.02. The number of rotatable bonds is 2. The lowest BCUT2D eigenvalue weighted by Gasteiger charge is -2.02. The normalized spacial score (nSPS) is 10.0. The Morgan fingerprint density at radius 1 is 1.36 bits per heavy atom. The summed E-state index contributed by atoms with van der Waals surface area (Å²) in [5.74, 6) is 0.642. The maximum Gasteiger partial charge on any atom is 0.137 e. The molecular weight excluding hydrogens is 183 g/mol. The summed E-state index contributed by atoms with van der Waals surface area (Å²) in [5, 5.41) is 9.72. The number of aromatic hydroxyl groups is 1. The number of aryl methyl sites for hydroxylation is 1. The molecule has 1 aromatic carbocycles. The summed E-state index contributed by atoms with van der Waals surface area (Å²) in [4.78, 5) is 0. The molecule has 0 radical (unpaired) electrons. The zero-order valence-corrected chi connectivity index (χ0v) is 7.36. The van der Waals surface area contributed by atoms with Crippen molar-refractivity contribution < 1.29 is 5.11 Å². The van der Waals surface area contributed by atoms with Crippen molar-refractivity contribution >= 4 is 23.2 Å². The Kier molecular flexibility index (Phi) is 3.03. The van der Waals surface area contributed by atoms with E-state index < -0.39 is 0 Å². The van der Waals surface area contributed by atoms with Crippen LogP contribution < -0.4 is 0 Å². The van der Waals surface area contributed by atoms with Gasteiger partial charge in [0.15, 0.2) is 0 Å². The number of benzene rings is 1. The van der Waals surface area contributed by atoms with Gasteiger partial charge in [-0.05, 0) is 18.1 Å². The predicted octanol–water partition coefficient (Wildman–Crippen LogP) is 2.83. The zero-order valence-electron chi connectivity index (χ0n) is 5.85. The van der Waals surface area contributed by atoms with Gasteiger partial charge in [0, 0.05) is 5.88 Å². The second-order valence-corrected chi connectivity index (χ2v) is 2.97. The molecule has 0 saturated heterocycles. The van der Waals surface area contributed by atoms with E-state index in [0.717, 1.165) is 5.56 Å². The first kappa shape index (κ1) is 8.69. The van der Waals surface area contributed by atoms with Crippen LogP contribution in [0.5, 0.6) is 5.75 Å². The molecule has 1 aromatic rings. The third-order valence-electron chi connectivity index (χ3n) is 1.43. The molecule has 0 aromatic heterocycles. The number of phenolic OH excluding ortho intramolecular Hbond substituents is 1. The summed E-state index contributed by atoms with van der Waals surface area (Å²) >= 11 is 11.2. The van der Waals surface area contributed by atoms with Crippen molar-refractivity contribution in [2.24, 2.45) is 0 Å². The topological polar surface area (TPSA) is 20.2 Å². The molecule has 0 spiro atoms. The van der Waals surface area contributed by atoms with Crippen LogP contribution in [0.25, 0.3) is 0 Å². The van der Waals surface area contributed by atoms with E-state index in [2.05, 4.69) is 0 Å². The molecule has 0 fully saturated rings. The van der Waals surface area contributed by atoms with Gasteiger partial charge in [-0.1, -0.05) is 23.7 Å². The molecule has 0 aliphatic carbocycles. The number of halogens is 2. The third-order valence-corrected chi connectivity index (χ3v) is 1.93. The molecule has 0 saturated carbocycles. The van der Waals surface area contributed by atoms with Crippen molar-refractivity contribution in [2.45, 2.75) is 6.42 Å². The predicted molar refractivity (Wildman–Crippen MR) is 47.5 cm³/mol. The fourth-order valence-electron chi connectivity index (χ4n) is 0.864. The Hall–Kier alpha value is -0.400. The summed E-state index contributed by atoms with van der Waals surface area (Å²) in [6.45, 7) is 0. The Bertz CT molecular complexity index is 248. The highest BCUT2D eigenvalue weighted by molar-refractivity contribution is 6.32. The highest BCUT2D eigenvalue weighted by atomic mass is 35.5. The quantitative estimate of drug-likeness (QED) is 0.712. The SMILES string of the molecule is Oc1c(Cl)cccc1CCCl. The minimum absolute atomic E-state index is 0.148. The van der Waals surface area contributed by atoms with Crippen LogP contribution in [0.2, 0.25) is 5.02 Å². The molecule has 0 aliphatic heterocycles. The summed E-state index contributed by atoms with van der Waals surface area (Å²) < 4.78 is 0. The van der Waals surface area contributed by atoms with Crippen molar-refractivity contribution in [2.75, 3.05) is 5.88 Å². The lowest BCUT2D eigenvalue weighted by Crippen LogP contribution is -1.86. The number of alkyl halides is 1. The number of para-hydroxylation sites is 1. The minimum Gasteiger partial charge on any atom is -0.506 e. The monoisotopic (exact) mass is 190 g/mol. The molecule has 60 valence electrons. The molecule has 11 heavy (non-hydrogen) atoms. The van der Waals surface area contributed by atoms with Gasteiger partial charge in [-0.3, -0.25) is 0 Å². The fourth-order valence-corrected chi connectivity index (χ4v) is 1.26. The van der Waals surface area contributed by atoms with Gasteiger partial charge in [0.1, 0.15) is 5.75 Å². The molecule has 0 amide bonds. The summed E-state index contributed by atoms with van der Waals surface area (Å²) in [5.41, 5.74) is 0.799. The number of phenols is 1. The molecular formula is C8H8Cl2O. The Balaban J connectivity index is 2.96. The van der Waals surface area contributed by atoms with E-state index in [9.17, 15) is 5.11 Å². The first-order chi connectivity index (χ1) is 5.25. The first-order valence-electron chi connectivity index (χ1n) is 3.28. The molecule has 1 rings (SSSR count). The maximum absolute atomic E-state index is 9.34. The van der Waals surface area contributed by atoms with Crippen LogP contribution in [0.15, 0.2) is 18.2 Å². The fraction of sp³-hybridized carbons (Fsp3) is 0.250. The van der Waals surface area contributed by atoms with E-state index in [4.69, 9.17) is 23.2 Å². The van der Waals surface area contributed by atoms with E-state index in [1.807, 2.05) is 6.07 Å². The van der Waals surface area contributed by atoms with Gasteiger partial charge >= 0.3 is 0 Å². The van der Waals surface area contributed by atoms with Gasteiger partial charge in [0.05, 0.1) is 5.02 Å². The van der Waals surface area contributed by atoms with Gasteiger partial charge in [0.2, 0.25) is 0 Å². The Morgan fingerprint density at radius 3 is 2.73 bits per heavy atom. The van der Waals surface area contributed by atoms with Crippen LogP contribution in [-0.4, -0.2) is 11.0 Å². The van der Waals surface area contributed by atoms with Gasteiger partial charge in [0.25, 0.3) is 0 Å². The smallest absolute Gasteiger partial charge is 0.137 e. The van der Waals surface area contributed by atoms with Gasteiger partial charge in [-0.2, -0.15) is 0 Å². The van der Waals surface area contributed by atoms with Crippen molar-refractivity contribution in [3.63, 3.8) is 0 Å². The van der Waals surface area contributed by atoms with E-state index in [1.165, 1.54) is 0 Å². The van der Waals surface area contributed by atoms with Crippen LogP contribution in [0, 0.1) is 0 Å². The van der Waals surface area contributed by atoms with Crippen molar-refractivity contribution in [3.05, 3.63) is 28.8 Å². The third kappa shape index (κ3) is 2.01. The summed E-state index contributed by atoms with van der Waals surface area (Å²) in [6.07, 6.45) is 0.647. The highest BCUT2D eigenvalue weighted by Crippen LogP contribution is 2.27. The molecule has 0 atom stereocenters. The van der Waals surface area contributed by atoms with Gasteiger partial charge < -0.3 is 5.11 Å². The Morgan fingerprint density at radius 2 is 2.09 bits per heavy atom. The van der Waals surface area contributed by atoms with Crippen LogP contribution in [-0.2, 0) is 6.42 Å². The minimum atomic E-state index is 0.148. The molecule has 0 bridgehead atoms. The molecule has 1 nitrogen and oxygen atoms in total. The lowest BCUT2D eigenvalue weighted by molar-refractivity contribution is 0.469. The van der Waals surface area contributed by atoms with Gasteiger partial charge in [-0.15, -0.1) is 11.6 Å². The lowest BCUT2D eigenvalue weighted by atomic mass is 10.1. The zero-order chi connectivity index (χ0) is 8.27. The summed E-state index contributed by atoms with van der Waals surface area (Å²) in [6, 6.07) is 5.25. The molecule has 0 unspecified atom stereocenters. The van der Waals surface area contributed by atoms with E-state index in [0.29, 0.717) is 17.3 Å². The second-order valence-electron chi connectivity index (χ2n) is 2.19. The standard InChI is InChI=1S/C8H8Cl2O/c9-5-4-6-2-1-3-7(10)8(6)11/h1-3,11H,4-5H2. The largest absolute Gasteiger partial charge is 0.506 e. The number of hydrogen-bond donors (Lipinski definition) is 1.